The molecule has 1 saturated heterocycles. The maximum absolute atomic E-state index is 12.9. The lowest BCUT2D eigenvalue weighted by atomic mass is 10.2. The van der Waals surface area contributed by atoms with Gasteiger partial charge < -0.3 is 14.4 Å². The minimum absolute atomic E-state index is 0.179. The molecular weight excluding hydrogens is 360 g/mol. The Morgan fingerprint density at radius 2 is 1.96 bits per heavy atom. The minimum atomic E-state index is -0.206. The maximum atomic E-state index is 12.9. The van der Waals surface area contributed by atoms with Gasteiger partial charge in [0.2, 0.25) is 0 Å². The Bertz CT molecular complexity index is 1020. The number of nitrogens with zero attached hydrogens (tertiary/aromatic N) is 4. The van der Waals surface area contributed by atoms with Crippen molar-refractivity contribution >= 4 is 32.6 Å². The molecule has 0 saturated carbocycles. The Morgan fingerprint density at radius 1 is 1.15 bits per heavy atom. The van der Waals surface area contributed by atoms with E-state index >= 15 is 0 Å². The zero-order valence-corrected chi connectivity index (χ0v) is 16.3. The number of hydrogen-bond acceptors (Lipinski definition) is 5. The fourth-order valence-corrected chi connectivity index (χ4v) is 4.38. The van der Waals surface area contributed by atoms with Crippen LogP contribution in [0, 0.1) is 6.92 Å². The number of fused-ring (bicyclic) bond motifs is 1. The van der Waals surface area contributed by atoms with Crippen molar-refractivity contribution in [1.82, 2.24) is 14.5 Å². The summed E-state index contributed by atoms with van der Waals surface area (Å²) in [6.07, 6.45) is 2.50. The van der Waals surface area contributed by atoms with Crippen molar-refractivity contribution in [3.05, 3.63) is 58.0 Å². The molecule has 1 aliphatic rings. The maximum Gasteiger partial charge on any atom is 0.259 e. The normalized spacial score (nSPS) is 15.2. The average Bonchev–Trinajstić information content (AvgIpc) is 2.93. The lowest BCUT2D eigenvalue weighted by Crippen LogP contribution is -2.37. The number of anilines is 1. The summed E-state index contributed by atoms with van der Waals surface area (Å²) in [5.74, 6) is -0.179. The molecule has 3 aromatic rings. The molecule has 0 unspecified atom stereocenters. The molecule has 7 heteroatoms. The van der Waals surface area contributed by atoms with Crippen LogP contribution >= 0.6 is 11.3 Å². The van der Waals surface area contributed by atoms with Gasteiger partial charge >= 0.3 is 0 Å². The second kappa shape index (κ2) is 7.15. The molecule has 0 bridgehead atoms. The third-order valence-corrected chi connectivity index (χ3v) is 6.15. The average molecular weight is 382 g/mol. The molecule has 2 aromatic heterocycles. The van der Waals surface area contributed by atoms with E-state index in [4.69, 9.17) is 4.98 Å². The zero-order chi connectivity index (χ0) is 19.0. The first-order chi connectivity index (χ1) is 13.0. The number of thiazole rings is 1. The number of carbonyl (C=O) groups excluding carboxylic acids is 1. The summed E-state index contributed by atoms with van der Waals surface area (Å²) in [5, 5.41) is 0.997. The molecule has 0 spiro atoms. The highest BCUT2D eigenvalue weighted by Gasteiger charge is 2.23. The van der Waals surface area contributed by atoms with Gasteiger partial charge in [-0.2, -0.15) is 0 Å². The molecule has 27 heavy (non-hydrogen) atoms. The summed E-state index contributed by atoms with van der Waals surface area (Å²) in [5.41, 5.74) is 1.90. The van der Waals surface area contributed by atoms with Crippen molar-refractivity contribution in [1.29, 1.82) is 0 Å². The van der Waals surface area contributed by atoms with E-state index in [9.17, 15) is 9.59 Å². The second-order valence-corrected chi connectivity index (χ2v) is 7.91. The van der Waals surface area contributed by atoms with Gasteiger partial charge in [-0.1, -0.05) is 23.5 Å². The van der Waals surface area contributed by atoms with E-state index in [0.717, 1.165) is 35.9 Å². The molecule has 3 heterocycles. The molecule has 0 radical (unpaired) electrons. The van der Waals surface area contributed by atoms with Crippen LogP contribution in [0.1, 0.15) is 22.5 Å². The van der Waals surface area contributed by atoms with Gasteiger partial charge in [-0.05, 0) is 25.5 Å². The van der Waals surface area contributed by atoms with Crippen molar-refractivity contribution in [3.63, 3.8) is 0 Å². The quantitative estimate of drug-likeness (QED) is 0.684. The molecule has 1 aliphatic heterocycles. The highest BCUT2D eigenvalue weighted by atomic mass is 32.1. The number of aryl methyl sites for hydroxylation is 2. The van der Waals surface area contributed by atoms with Crippen LogP contribution in [-0.2, 0) is 7.05 Å². The molecule has 0 aliphatic carbocycles. The molecule has 0 N–H and O–H groups in total. The molecule has 6 nitrogen and oxygen atoms in total. The van der Waals surface area contributed by atoms with Crippen LogP contribution in [0.3, 0.4) is 0 Å². The monoisotopic (exact) mass is 382 g/mol. The van der Waals surface area contributed by atoms with E-state index in [1.54, 1.807) is 22.4 Å². The lowest BCUT2D eigenvalue weighted by molar-refractivity contribution is 0.0765. The van der Waals surface area contributed by atoms with Crippen LogP contribution in [0.2, 0.25) is 0 Å². The molecule has 1 fully saturated rings. The van der Waals surface area contributed by atoms with Crippen molar-refractivity contribution in [2.45, 2.75) is 13.3 Å². The molecule has 0 atom stereocenters. The van der Waals surface area contributed by atoms with Gasteiger partial charge in [0.05, 0.1) is 10.2 Å². The smallest absolute Gasteiger partial charge is 0.259 e. The van der Waals surface area contributed by atoms with Gasteiger partial charge in [0.25, 0.3) is 5.91 Å². The van der Waals surface area contributed by atoms with Crippen molar-refractivity contribution in [3.8, 4) is 0 Å². The number of benzene rings is 1. The molecule has 140 valence electrons. The first-order valence-electron chi connectivity index (χ1n) is 9.10. The summed E-state index contributed by atoms with van der Waals surface area (Å²) in [7, 11) is 1.85. The van der Waals surface area contributed by atoms with E-state index in [2.05, 4.69) is 11.0 Å². The van der Waals surface area contributed by atoms with Gasteiger partial charge in [-0.25, -0.2) is 4.98 Å². The Balaban J connectivity index is 1.52. The number of rotatable bonds is 2. The highest BCUT2D eigenvalue weighted by Crippen LogP contribution is 2.29. The predicted molar refractivity (Wildman–Crippen MR) is 109 cm³/mol. The van der Waals surface area contributed by atoms with Gasteiger partial charge in [0.15, 0.2) is 10.6 Å². The molecular formula is C20H22N4O2S. The largest absolute Gasteiger partial charge is 0.354 e. The van der Waals surface area contributed by atoms with Gasteiger partial charge in [0.1, 0.15) is 5.56 Å². The third-order valence-electron chi connectivity index (χ3n) is 5.05. The Hall–Kier alpha value is -2.67. The van der Waals surface area contributed by atoms with Crippen LogP contribution in [0.4, 0.5) is 5.13 Å². The number of amides is 1. The number of pyridine rings is 1. The number of para-hydroxylation sites is 1. The second-order valence-electron chi connectivity index (χ2n) is 6.90. The number of carbonyl (C=O) groups is 1. The van der Waals surface area contributed by atoms with Crippen LogP contribution in [0.15, 0.2) is 41.3 Å². The summed E-state index contributed by atoms with van der Waals surface area (Å²) >= 11 is 1.68. The zero-order valence-electron chi connectivity index (χ0n) is 15.5. The molecule has 1 amide bonds. The van der Waals surface area contributed by atoms with Crippen LogP contribution < -0.4 is 10.3 Å². The minimum Gasteiger partial charge on any atom is -0.354 e. The number of aromatic nitrogens is 2. The Morgan fingerprint density at radius 3 is 2.78 bits per heavy atom. The third kappa shape index (κ3) is 3.47. The van der Waals surface area contributed by atoms with E-state index in [0.29, 0.717) is 13.1 Å². The lowest BCUT2D eigenvalue weighted by Gasteiger charge is -2.22. The summed E-state index contributed by atoms with van der Waals surface area (Å²) in [6.45, 7) is 4.67. The topological polar surface area (TPSA) is 58.4 Å². The first kappa shape index (κ1) is 17.7. The summed E-state index contributed by atoms with van der Waals surface area (Å²) in [4.78, 5) is 33.9. The van der Waals surface area contributed by atoms with Crippen molar-refractivity contribution < 1.29 is 4.79 Å². The Labute approximate surface area is 161 Å². The van der Waals surface area contributed by atoms with E-state index in [-0.39, 0.29) is 16.9 Å². The summed E-state index contributed by atoms with van der Waals surface area (Å²) in [6, 6.07) is 9.65. The summed E-state index contributed by atoms with van der Waals surface area (Å²) < 4.78 is 2.99. The highest BCUT2D eigenvalue weighted by molar-refractivity contribution is 7.22. The first-order valence-corrected chi connectivity index (χ1v) is 9.91. The molecule has 1 aromatic carbocycles. The van der Waals surface area contributed by atoms with E-state index in [1.807, 2.05) is 36.7 Å². The standard InChI is InChI=1S/C20H22N4O2S/c1-14-12-17(25)15(13-22(14)2)19(26)23-8-5-9-24(11-10-23)20-21-16-6-3-4-7-18(16)27-20/h3-4,6-7,12-13H,5,8-11H2,1-2H3. The van der Waals surface area contributed by atoms with Crippen molar-refractivity contribution in [2.24, 2.45) is 7.05 Å². The fraction of sp³-hybridized carbons (Fsp3) is 0.350. The van der Waals surface area contributed by atoms with E-state index in [1.165, 1.54) is 10.8 Å². The number of hydrogen-bond donors (Lipinski definition) is 0. The van der Waals surface area contributed by atoms with Crippen LogP contribution in [-0.4, -0.2) is 46.5 Å². The van der Waals surface area contributed by atoms with Crippen molar-refractivity contribution in [2.75, 3.05) is 31.1 Å². The van der Waals surface area contributed by atoms with E-state index < -0.39 is 0 Å². The van der Waals surface area contributed by atoms with Crippen LogP contribution in [0.25, 0.3) is 10.2 Å². The van der Waals surface area contributed by atoms with Gasteiger partial charge in [0, 0.05) is 51.2 Å². The van der Waals surface area contributed by atoms with Gasteiger partial charge in [-0.15, -0.1) is 0 Å². The Kier molecular flexibility index (Phi) is 4.70. The van der Waals surface area contributed by atoms with Gasteiger partial charge in [-0.3, -0.25) is 9.59 Å². The molecule has 4 rings (SSSR count). The predicted octanol–water partition coefficient (Wildman–Crippen LogP) is 2.66. The fourth-order valence-electron chi connectivity index (χ4n) is 3.37. The van der Waals surface area contributed by atoms with Crippen LogP contribution in [0.5, 0.6) is 0 Å². The SMILES string of the molecule is Cc1cc(=O)c(C(=O)N2CCCN(c3nc4ccccc4s3)CC2)cn1C.